The first-order valence-corrected chi connectivity index (χ1v) is 5.49. The molecule has 17 heavy (non-hydrogen) atoms. The predicted molar refractivity (Wildman–Crippen MR) is 66.1 cm³/mol. The van der Waals surface area contributed by atoms with E-state index in [4.69, 9.17) is 5.73 Å². The van der Waals surface area contributed by atoms with E-state index >= 15 is 0 Å². The first-order chi connectivity index (χ1) is 7.95. The molecule has 0 atom stereocenters. The highest BCUT2D eigenvalue weighted by atomic mass is 19.1. The summed E-state index contributed by atoms with van der Waals surface area (Å²) in [5.74, 6) is -1.13. The molecule has 0 aromatic heterocycles. The first kappa shape index (κ1) is 13.9. The van der Waals surface area contributed by atoms with E-state index in [2.05, 4.69) is 0 Å². The maximum Gasteiger partial charge on any atom is 0.149 e. The third-order valence-electron chi connectivity index (χ3n) is 2.58. The van der Waals surface area contributed by atoms with E-state index in [0.717, 1.165) is 6.54 Å². The zero-order valence-corrected chi connectivity index (χ0v) is 10.5. The predicted octanol–water partition coefficient (Wildman–Crippen LogP) is 1.42. The van der Waals surface area contributed by atoms with Gasteiger partial charge in [-0.05, 0) is 31.8 Å². The van der Waals surface area contributed by atoms with Crippen LogP contribution in [0.2, 0.25) is 0 Å². The second-order valence-electron chi connectivity index (χ2n) is 4.34. The lowest BCUT2D eigenvalue weighted by atomic mass is 10.1. The number of anilines is 1. The molecule has 0 fully saturated rings. The number of nitrogens with zero attached hydrogens (tertiary/aromatic N) is 2. The standard InChI is InChI=1S/C12H19F2N3/c1-16(2)4-5-17(3)12-10(13)6-9(8-15)7-11(12)14/h6-7H,4-5,8,15H2,1-3H3. The zero-order chi connectivity index (χ0) is 13.0. The van der Waals surface area contributed by atoms with Gasteiger partial charge in [0.15, 0.2) is 0 Å². The van der Waals surface area contributed by atoms with Gasteiger partial charge < -0.3 is 15.5 Å². The van der Waals surface area contributed by atoms with Crippen molar-refractivity contribution in [1.82, 2.24) is 4.90 Å². The minimum absolute atomic E-state index is 0.00375. The molecule has 0 unspecified atom stereocenters. The van der Waals surface area contributed by atoms with Crippen LogP contribution in [0.15, 0.2) is 12.1 Å². The lowest BCUT2D eigenvalue weighted by Gasteiger charge is -2.22. The van der Waals surface area contributed by atoms with Crippen LogP contribution in [0.5, 0.6) is 0 Å². The van der Waals surface area contributed by atoms with Crippen LogP contribution in [0.25, 0.3) is 0 Å². The van der Waals surface area contributed by atoms with Gasteiger partial charge in [0.1, 0.15) is 17.3 Å². The van der Waals surface area contributed by atoms with Crippen molar-refractivity contribution >= 4 is 5.69 Å². The van der Waals surface area contributed by atoms with Gasteiger partial charge in [-0.15, -0.1) is 0 Å². The Morgan fingerprint density at radius 2 is 1.59 bits per heavy atom. The highest BCUT2D eigenvalue weighted by Crippen LogP contribution is 2.23. The molecule has 1 rings (SSSR count). The van der Waals surface area contributed by atoms with Crippen LogP contribution in [0, 0.1) is 11.6 Å². The number of likely N-dealkylation sites (N-methyl/N-ethyl adjacent to an activating group) is 2. The van der Waals surface area contributed by atoms with E-state index in [1.807, 2.05) is 19.0 Å². The molecule has 0 aliphatic rings. The average molecular weight is 243 g/mol. The van der Waals surface area contributed by atoms with Crippen LogP contribution in [0.3, 0.4) is 0 Å². The van der Waals surface area contributed by atoms with Crippen LogP contribution >= 0.6 is 0 Å². The zero-order valence-electron chi connectivity index (χ0n) is 10.5. The van der Waals surface area contributed by atoms with Gasteiger partial charge in [0, 0.05) is 26.7 Å². The molecule has 0 amide bonds. The lowest BCUT2D eigenvalue weighted by Crippen LogP contribution is -2.29. The van der Waals surface area contributed by atoms with Gasteiger partial charge in [0.25, 0.3) is 0 Å². The van der Waals surface area contributed by atoms with Gasteiger partial charge in [0.2, 0.25) is 0 Å². The molecule has 0 aliphatic carbocycles. The van der Waals surface area contributed by atoms with Crippen LogP contribution < -0.4 is 10.6 Å². The summed E-state index contributed by atoms with van der Waals surface area (Å²) in [7, 11) is 5.50. The molecule has 5 heteroatoms. The highest BCUT2D eigenvalue weighted by Gasteiger charge is 2.14. The molecule has 0 saturated heterocycles. The number of benzene rings is 1. The summed E-state index contributed by atoms with van der Waals surface area (Å²) in [5.41, 5.74) is 5.83. The van der Waals surface area contributed by atoms with Crippen LogP contribution in [-0.4, -0.2) is 39.1 Å². The summed E-state index contributed by atoms with van der Waals surface area (Å²) >= 11 is 0. The third-order valence-corrected chi connectivity index (χ3v) is 2.58. The minimum atomic E-state index is -0.563. The van der Waals surface area contributed by atoms with Crippen molar-refractivity contribution < 1.29 is 8.78 Å². The Morgan fingerprint density at radius 1 is 1.06 bits per heavy atom. The molecule has 1 aromatic rings. The Labute approximate surface area is 101 Å². The van der Waals surface area contributed by atoms with E-state index in [1.54, 1.807) is 11.9 Å². The molecule has 0 saturated carbocycles. The van der Waals surface area contributed by atoms with Crippen molar-refractivity contribution in [2.45, 2.75) is 6.54 Å². The van der Waals surface area contributed by atoms with Crippen molar-refractivity contribution in [3.8, 4) is 0 Å². The summed E-state index contributed by atoms with van der Waals surface area (Å²) in [6, 6.07) is 2.56. The summed E-state index contributed by atoms with van der Waals surface area (Å²) < 4.78 is 27.4. The van der Waals surface area contributed by atoms with E-state index in [0.29, 0.717) is 12.1 Å². The fourth-order valence-electron chi connectivity index (χ4n) is 1.56. The molecular weight excluding hydrogens is 224 g/mol. The Kier molecular flexibility index (Phi) is 4.84. The number of hydrogen-bond donors (Lipinski definition) is 1. The van der Waals surface area contributed by atoms with Crippen molar-refractivity contribution in [2.24, 2.45) is 5.73 Å². The second kappa shape index (κ2) is 5.93. The normalized spacial score (nSPS) is 11.0. The van der Waals surface area contributed by atoms with Gasteiger partial charge in [-0.3, -0.25) is 0 Å². The fourth-order valence-corrected chi connectivity index (χ4v) is 1.56. The smallest absolute Gasteiger partial charge is 0.149 e. The topological polar surface area (TPSA) is 32.5 Å². The maximum absolute atomic E-state index is 13.7. The molecule has 0 heterocycles. The van der Waals surface area contributed by atoms with Gasteiger partial charge in [-0.2, -0.15) is 0 Å². The largest absolute Gasteiger partial charge is 0.369 e. The minimum Gasteiger partial charge on any atom is -0.369 e. The number of halogens is 2. The Hall–Kier alpha value is -1.20. The van der Waals surface area contributed by atoms with Gasteiger partial charge in [0.05, 0.1) is 0 Å². The van der Waals surface area contributed by atoms with Crippen molar-refractivity contribution in [3.63, 3.8) is 0 Å². The molecule has 1 aromatic carbocycles. The van der Waals surface area contributed by atoms with Gasteiger partial charge in [-0.25, -0.2) is 8.78 Å². The van der Waals surface area contributed by atoms with Crippen molar-refractivity contribution in [2.75, 3.05) is 39.1 Å². The SMILES string of the molecule is CN(C)CCN(C)c1c(F)cc(CN)cc1F. The number of rotatable bonds is 5. The number of hydrogen-bond acceptors (Lipinski definition) is 3. The number of nitrogens with two attached hydrogens (primary N) is 1. The lowest BCUT2D eigenvalue weighted by molar-refractivity contribution is 0.414. The van der Waals surface area contributed by atoms with E-state index in [9.17, 15) is 8.78 Å². The van der Waals surface area contributed by atoms with Crippen LogP contribution in [0.1, 0.15) is 5.56 Å². The molecule has 3 nitrogen and oxygen atoms in total. The fraction of sp³-hybridized carbons (Fsp3) is 0.500. The first-order valence-electron chi connectivity index (χ1n) is 5.49. The van der Waals surface area contributed by atoms with E-state index in [-0.39, 0.29) is 12.2 Å². The molecular formula is C12H19F2N3. The molecule has 0 bridgehead atoms. The Bertz CT molecular complexity index is 357. The highest BCUT2D eigenvalue weighted by molar-refractivity contribution is 5.50. The maximum atomic E-state index is 13.7. The summed E-state index contributed by atoms with van der Waals surface area (Å²) in [6.45, 7) is 1.42. The summed E-state index contributed by atoms with van der Waals surface area (Å²) in [5, 5.41) is 0. The van der Waals surface area contributed by atoms with Crippen LogP contribution in [0.4, 0.5) is 14.5 Å². The Balaban J connectivity index is 2.89. The quantitative estimate of drug-likeness (QED) is 0.849. The molecule has 96 valence electrons. The molecule has 0 spiro atoms. The van der Waals surface area contributed by atoms with Crippen molar-refractivity contribution in [3.05, 3.63) is 29.3 Å². The third kappa shape index (κ3) is 3.64. The Morgan fingerprint density at radius 3 is 2.00 bits per heavy atom. The average Bonchev–Trinajstić information content (AvgIpc) is 2.25. The summed E-state index contributed by atoms with van der Waals surface area (Å²) in [4.78, 5) is 3.53. The molecule has 2 N–H and O–H groups in total. The van der Waals surface area contributed by atoms with Gasteiger partial charge in [-0.1, -0.05) is 0 Å². The second-order valence-corrected chi connectivity index (χ2v) is 4.34. The van der Waals surface area contributed by atoms with Gasteiger partial charge >= 0.3 is 0 Å². The van der Waals surface area contributed by atoms with E-state index in [1.165, 1.54) is 12.1 Å². The monoisotopic (exact) mass is 243 g/mol. The van der Waals surface area contributed by atoms with E-state index < -0.39 is 11.6 Å². The summed E-state index contributed by atoms with van der Waals surface area (Å²) in [6.07, 6.45) is 0. The molecule has 0 aliphatic heterocycles. The molecule has 0 radical (unpaired) electrons. The van der Waals surface area contributed by atoms with Crippen molar-refractivity contribution in [1.29, 1.82) is 0 Å². The van der Waals surface area contributed by atoms with Crippen LogP contribution in [-0.2, 0) is 6.54 Å².